The van der Waals surface area contributed by atoms with Crippen molar-refractivity contribution in [2.24, 2.45) is 0 Å². The van der Waals surface area contributed by atoms with Gasteiger partial charge in [-0.2, -0.15) is 10.2 Å². The number of nitrogens with zero attached hydrogens (tertiary/aromatic N) is 4. The number of ether oxygens (including phenoxy) is 1. The molecule has 30 heavy (non-hydrogen) atoms. The number of hydrogen-bond donors (Lipinski definition) is 1. The van der Waals surface area contributed by atoms with Crippen LogP contribution in [0, 0.1) is 6.92 Å². The SMILES string of the molecule is Cc1ccccc1Cn1cc(NC(=O)c2ccnn2COc2ccccc2Cl)cn1. The fourth-order valence-corrected chi connectivity index (χ4v) is 3.18. The highest BCUT2D eigenvalue weighted by Gasteiger charge is 2.14. The number of rotatable bonds is 7. The molecule has 0 aliphatic carbocycles. The highest BCUT2D eigenvalue weighted by Crippen LogP contribution is 2.23. The molecule has 2 aromatic carbocycles. The summed E-state index contributed by atoms with van der Waals surface area (Å²) in [5, 5.41) is 11.8. The van der Waals surface area contributed by atoms with E-state index in [-0.39, 0.29) is 12.6 Å². The lowest BCUT2D eigenvalue weighted by atomic mass is 10.1. The minimum atomic E-state index is -0.300. The molecule has 0 spiro atoms. The molecule has 1 amide bonds. The van der Waals surface area contributed by atoms with Crippen LogP contribution in [0.5, 0.6) is 5.75 Å². The molecule has 0 unspecified atom stereocenters. The van der Waals surface area contributed by atoms with Crippen LogP contribution < -0.4 is 10.1 Å². The Morgan fingerprint density at radius 1 is 1.10 bits per heavy atom. The van der Waals surface area contributed by atoms with Crippen LogP contribution in [0.1, 0.15) is 21.6 Å². The molecule has 4 aromatic rings. The van der Waals surface area contributed by atoms with Gasteiger partial charge in [-0.15, -0.1) is 0 Å². The van der Waals surface area contributed by atoms with Gasteiger partial charge < -0.3 is 10.1 Å². The molecular weight excluding hydrogens is 402 g/mol. The molecule has 0 aliphatic heterocycles. The fraction of sp³-hybridized carbons (Fsp3) is 0.136. The number of hydrogen-bond acceptors (Lipinski definition) is 4. The summed E-state index contributed by atoms with van der Waals surface area (Å²) in [7, 11) is 0. The van der Waals surface area contributed by atoms with E-state index < -0.39 is 0 Å². The molecular formula is C22H20ClN5O2. The molecule has 2 heterocycles. The van der Waals surface area contributed by atoms with Gasteiger partial charge in [0.2, 0.25) is 0 Å². The molecule has 0 atom stereocenters. The van der Waals surface area contributed by atoms with Crippen LogP contribution in [-0.2, 0) is 13.3 Å². The zero-order valence-corrected chi connectivity index (χ0v) is 17.1. The van der Waals surface area contributed by atoms with Crippen molar-refractivity contribution in [3.63, 3.8) is 0 Å². The van der Waals surface area contributed by atoms with Crippen molar-refractivity contribution < 1.29 is 9.53 Å². The number of nitrogens with one attached hydrogen (secondary N) is 1. The Bertz CT molecular complexity index is 1170. The van der Waals surface area contributed by atoms with Gasteiger partial charge in [0.15, 0.2) is 6.73 Å². The summed E-state index contributed by atoms with van der Waals surface area (Å²) in [6.45, 7) is 2.76. The lowest BCUT2D eigenvalue weighted by Crippen LogP contribution is -2.19. The number of benzene rings is 2. The number of carbonyl (C=O) groups is 1. The fourth-order valence-electron chi connectivity index (χ4n) is 2.99. The molecule has 7 nitrogen and oxygen atoms in total. The van der Waals surface area contributed by atoms with Gasteiger partial charge >= 0.3 is 0 Å². The van der Waals surface area contributed by atoms with E-state index in [1.807, 2.05) is 24.3 Å². The van der Waals surface area contributed by atoms with Gasteiger partial charge in [0.25, 0.3) is 5.91 Å². The summed E-state index contributed by atoms with van der Waals surface area (Å²) in [6.07, 6.45) is 4.97. The average Bonchev–Trinajstić information content (AvgIpc) is 3.38. The van der Waals surface area contributed by atoms with Crippen molar-refractivity contribution in [1.29, 1.82) is 0 Å². The maximum atomic E-state index is 12.7. The van der Waals surface area contributed by atoms with E-state index in [9.17, 15) is 4.79 Å². The zero-order valence-electron chi connectivity index (χ0n) is 16.3. The van der Waals surface area contributed by atoms with Gasteiger partial charge in [0.05, 0.1) is 23.5 Å². The third kappa shape index (κ3) is 4.52. The van der Waals surface area contributed by atoms with Crippen LogP contribution in [0.4, 0.5) is 5.69 Å². The normalized spacial score (nSPS) is 10.7. The lowest BCUT2D eigenvalue weighted by Gasteiger charge is -2.10. The number of carbonyl (C=O) groups excluding carboxylic acids is 1. The smallest absolute Gasteiger partial charge is 0.274 e. The summed E-state index contributed by atoms with van der Waals surface area (Å²) in [5.41, 5.74) is 3.34. The highest BCUT2D eigenvalue weighted by atomic mass is 35.5. The van der Waals surface area contributed by atoms with Crippen molar-refractivity contribution >= 4 is 23.2 Å². The van der Waals surface area contributed by atoms with Crippen LogP contribution in [0.15, 0.2) is 73.2 Å². The molecule has 0 fully saturated rings. The van der Waals surface area contributed by atoms with E-state index in [0.29, 0.717) is 28.7 Å². The van der Waals surface area contributed by atoms with Crippen molar-refractivity contribution in [3.8, 4) is 5.75 Å². The van der Waals surface area contributed by atoms with Crippen molar-refractivity contribution in [2.75, 3.05) is 5.32 Å². The van der Waals surface area contributed by atoms with Crippen LogP contribution in [0.2, 0.25) is 5.02 Å². The number of anilines is 1. The molecule has 0 aliphatic rings. The zero-order chi connectivity index (χ0) is 20.9. The molecule has 8 heteroatoms. The molecule has 0 bridgehead atoms. The molecule has 0 radical (unpaired) electrons. The Hall–Kier alpha value is -3.58. The van der Waals surface area contributed by atoms with E-state index >= 15 is 0 Å². The number of aromatic nitrogens is 4. The predicted octanol–water partition coefficient (Wildman–Crippen LogP) is 4.38. The molecule has 1 N–H and O–H groups in total. The monoisotopic (exact) mass is 421 g/mol. The van der Waals surface area contributed by atoms with Crippen LogP contribution in [0.25, 0.3) is 0 Å². The van der Waals surface area contributed by atoms with Crippen molar-refractivity contribution in [2.45, 2.75) is 20.2 Å². The Balaban J connectivity index is 1.40. The summed E-state index contributed by atoms with van der Waals surface area (Å²) in [5.74, 6) is 0.226. The molecule has 0 saturated heterocycles. The van der Waals surface area contributed by atoms with Gasteiger partial charge in [-0.1, -0.05) is 48.0 Å². The quantitative estimate of drug-likeness (QED) is 0.480. The van der Waals surface area contributed by atoms with Crippen LogP contribution in [0.3, 0.4) is 0 Å². The third-order valence-electron chi connectivity index (χ3n) is 4.61. The first-order valence-electron chi connectivity index (χ1n) is 9.37. The Kier molecular flexibility index (Phi) is 5.81. The van der Waals surface area contributed by atoms with Crippen LogP contribution in [-0.4, -0.2) is 25.5 Å². The standard InChI is InChI=1S/C22H20ClN5O2/c1-16-6-2-3-7-17(16)13-27-14-18(12-25-27)26-22(29)20-10-11-24-28(20)15-30-21-9-5-4-8-19(21)23/h2-12,14H,13,15H2,1H3,(H,26,29). The van der Waals surface area contributed by atoms with E-state index in [1.54, 1.807) is 41.5 Å². The summed E-state index contributed by atoms with van der Waals surface area (Å²) in [4.78, 5) is 12.7. The van der Waals surface area contributed by atoms with E-state index in [2.05, 4.69) is 34.6 Å². The number of aryl methyl sites for hydroxylation is 1. The second-order valence-corrected chi connectivity index (χ2v) is 7.13. The van der Waals surface area contributed by atoms with Gasteiger partial charge in [-0.25, -0.2) is 4.68 Å². The maximum absolute atomic E-state index is 12.7. The van der Waals surface area contributed by atoms with E-state index in [1.165, 1.54) is 15.8 Å². The first-order valence-corrected chi connectivity index (χ1v) is 9.75. The second kappa shape index (κ2) is 8.84. The Morgan fingerprint density at radius 3 is 2.73 bits per heavy atom. The minimum Gasteiger partial charge on any atom is -0.470 e. The second-order valence-electron chi connectivity index (χ2n) is 6.73. The summed E-state index contributed by atoms with van der Waals surface area (Å²) in [6, 6.07) is 16.9. The lowest BCUT2D eigenvalue weighted by molar-refractivity contribution is 0.100. The molecule has 152 valence electrons. The topological polar surface area (TPSA) is 74.0 Å². The van der Waals surface area contributed by atoms with Crippen molar-refractivity contribution in [3.05, 3.63) is 95.0 Å². The van der Waals surface area contributed by atoms with Gasteiger partial charge in [-0.3, -0.25) is 9.48 Å². The highest BCUT2D eigenvalue weighted by molar-refractivity contribution is 6.32. The average molecular weight is 422 g/mol. The predicted molar refractivity (Wildman–Crippen MR) is 115 cm³/mol. The molecule has 4 rings (SSSR count). The maximum Gasteiger partial charge on any atom is 0.274 e. The first-order chi connectivity index (χ1) is 14.6. The van der Waals surface area contributed by atoms with Crippen molar-refractivity contribution in [1.82, 2.24) is 19.6 Å². The Morgan fingerprint density at radius 2 is 1.90 bits per heavy atom. The van der Waals surface area contributed by atoms with Gasteiger partial charge in [-0.05, 0) is 36.2 Å². The largest absolute Gasteiger partial charge is 0.470 e. The van der Waals surface area contributed by atoms with Crippen LogP contribution >= 0.6 is 11.6 Å². The number of amides is 1. The Labute approximate surface area is 178 Å². The number of halogens is 1. The van der Waals surface area contributed by atoms with Gasteiger partial charge in [0, 0.05) is 12.4 Å². The molecule has 0 saturated carbocycles. The van der Waals surface area contributed by atoms with E-state index in [0.717, 1.165) is 0 Å². The molecule has 2 aromatic heterocycles. The first kappa shape index (κ1) is 19.7. The summed E-state index contributed by atoms with van der Waals surface area (Å²) < 4.78 is 8.93. The minimum absolute atomic E-state index is 0.0615. The van der Waals surface area contributed by atoms with E-state index in [4.69, 9.17) is 16.3 Å². The number of para-hydroxylation sites is 1. The summed E-state index contributed by atoms with van der Waals surface area (Å²) >= 11 is 6.10. The third-order valence-corrected chi connectivity index (χ3v) is 4.93. The van der Waals surface area contributed by atoms with Gasteiger partial charge in [0.1, 0.15) is 11.4 Å².